The fraction of sp³-hybridized carbons (Fsp3) is 0.200. The number of amides is 1. The molecule has 3 heterocycles. The quantitative estimate of drug-likeness (QED) is 0.467. The lowest BCUT2D eigenvalue weighted by Crippen LogP contribution is -2.31. The fourth-order valence-electron chi connectivity index (χ4n) is 4.06. The van der Waals surface area contributed by atoms with Gasteiger partial charge in [-0.25, -0.2) is 4.68 Å². The summed E-state index contributed by atoms with van der Waals surface area (Å²) in [5.74, 6) is 2.03. The van der Waals surface area contributed by atoms with E-state index in [1.807, 2.05) is 59.5 Å². The van der Waals surface area contributed by atoms with E-state index in [4.69, 9.17) is 14.6 Å². The number of carbonyl (C=O) groups is 1. The zero-order valence-electron chi connectivity index (χ0n) is 18.1. The van der Waals surface area contributed by atoms with Gasteiger partial charge in [-0.05, 0) is 42.8 Å². The molecule has 7 nitrogen and oxygen atoms in total. The number of benzene rings is 2. The average molecular weight is 428 g/mol. The molecule has 0 fully saturated rings. The molecule has 162 valence electrons. The van der Waals surface area contributed by atoms with E-state index in [1.54, 1.807) is 18.1 Å². The summed E-state index contributed by atoms with van der Waals surface area (Å²) in [5.41, 5.74) is 4.13. The first kappa shape index (κ1) is 19.9. The Bertz CT molecular complexity index is 1260. The lowest BCUT2D eigenvalue weighted by atomic mass is 10.2. The molecule has 0 spiro atoms. The highest BCUT2D eigenvalue weighted by Gasteiger charge is 2.31. The van der Waals surface area contributed by atoms with Gasteiger partial charge in [-0.2, -0.15) is 5.10 Å². The lowest BCUT2D eigenvalue weighted by Gasteiger charge is -2.18. The van der Waals surface area contributed by atoms with Crippen LogP contribution in [-0.2, 0) is 17.9 Å². The SMILES string of the molecule is COc1ccccc1OCC(=O)N1Cc2nn(-c3ccccc3C)c(-n3cccc3)c2C1. The van der Waals surface area contributed by atoms with Crippen LogP contribution in [0.25, 0.3) is 11.5 Å². The van der Waals surface area contributed by atoms with Crippen LogP contribution in [0.5, 0.6) is 11.5 Å². The average Bonchev–Trinajstić information content (AvgIpc) is 3.54. The number of methoxy groups -OCH3 is 1. The number of fused-ring (bicyclic) bond motifs is 1. The molecule has 0 saturated carbocycles. The van der Waals surface area contributed by atoms with Crippen LogP contribution in [0, 0.1) is 6.92 Å². The molecule has 4 aromatic rings. The van der Waals surface area contributed by atoms with Crippen molar-refractivity contribution in [2.75, 3.05) is 13.7 Å². The van der Waals surface area contributed by atoms with Gasteiger partial charge < -0.3 is 18.9 Å². The molecule has 2 aromatic heterocycles. The summed E-state index contributed by atoms with van der Waals surface area (Å²) in [5, 5.41) is 4.90. The summed E-state index contributed by atoms with van der Waals surface area (Å²) in [4.78, 5) is 14.7. The van der Waals surface area contributed by atoms with Crippen molar-refractivity contribution in [3.8, 4) is 23.0 Å². The van der Waals surface area contributed by atoms with Crippen molar-refractivity contribution in [1.82, 2.24) is 19.2 Å². The van der Waals surface area contributed by atoms with Crippen molar-refractivity contribution >= 4 is 5.91 Å². The molecule has 0 aliphatic carbocycles. The van der Waals surface area contributed by atoms with E-state index in [0.717, 1.165) is 28.3 Å². The van der Waals surface area contributed by atoms with Crippen LogP contribution in [0.15, 0.2) is 73.1 Å². The third-order valence-corrected chi connectivity index (χ3v) is 5.69. The molecule has 0 radical (unpaired) electrons. The predicted octanol–water partition coefficient (Wildman–Crippen LogP) is 3.90. The molecule has 2 aromatic carbocycles. The lowest BCUT2D eigenvalue weighted by molar-refractivity contribution is -0.134. The van der Waals surface area contributed by atoms with Gasteiger partial charge in [-0.1, -0.05) is 30.3 Å². The number of nitrogens with zero attached hydrogens (tertiary/aromatic N) is 4. The van der Waals surface area contributed by atoms with E-state index in [-0.39, 0.29) is 12.5 Å². The van der Waals surface area contributed by atoms with E-state index >= 15 is 0 Å². The molecule has 0 saturated heterocycles. The summed E-state index contributed by atoms with van der Waals surface area (Å²) >= 11 is 0. The third kappa shape index (κ3) is 3.51. The van der Waals surface area contributed by atoms with Crippen LogP contribution in [-0.4, -0.2) is 38.9 Å². The van der Waals surface area contributed by atoms with Crippen LogP contribution in [0.4, 0.5) is 0 Å². The van der Waals surface area contributed by atoms with Crippen LogP contribution in [0.2, 0.25) is 0 Å². The minimum atomic E-state index is -0.0881. The molecular weight excluding hydrogens is 404 g/mol. The van der Waals surface area contributed by atoms with Crippen molar-refractivity contribution in [2.45, 2.75) is 20.0 Å². The van der Waals surface area contributed by atoms with Gasteiger partial charge in [0.1, 0.15) is 5.82 Å². The zero-order valence-corrected chi connectivity index (χ0v) is 18.1. The Kier molecular flexibility index (Phi) is 5.15. The second kappa shape index (κ2) is 8.26. The molecule has 0 N–H and O–H groups in total. The number of hydrogen-bond donors (Lipinski definition) is 0. The number of rotatable bonds is 6. The van der Waals surface area contributed by atoms with Gasteiger partial charge in [-0.15, -0.1) is 0 Å². The van der Waals surface area contributed by atoms with E-state index in [0.29, 0.717) is 24.6 Å². The van der Waals surface area contributed by atoms with Gasteiger partial charge in [0.05, 0.1) is 31.6 Å². The van der Waals surface area contributed by atoms with Crippen LogP contribution in [0.3, 0.4) is 0 Å². The molecule has 0 unspecified atom stereocenters. The second-order valence-corrected chi connectivity index (χ2v) is 7.73. The fourth-order valence-corrected chi connectivity index (χ4v) is 4.06. The minimum absolute atomic E-state index is 0.0543. The van der Waals surface area contributed by atoms with Gasteiger partial charge in [0.2, 0.25) is 0 Å². The highest BCUT2D eigenvalue weighted by Crippen LogP contribution is 2.32. The van der Waals surface area contributed by atoms with Crippen molar-refractivity contribution in [2.24, 2.45) is 0 Å². The standard InChI is InChI=1S/C25H24N4O3/c1-18-9-3-4-10-21(18)29-25(27-13-7-8-14-27)19-15-28(16-20(19)26-29)24(30)17-32-23-12-6-5-11-22(23)31-2/h3-14H,15-17H2,1-2H3. The highest BCUT2D eigenvalue weighted by molar-refractivity contribution is 5.79. The second-order valence-electron chi connectivity index (χ2n) is 7.73. The van der Waals surface area contributed by atoms with E-state index in [9.17, 15) is 4.79 Å². The maximum absolute atomic E-state index is 12.9. The Balaban J connectivity index is 1.40. The summed E-state index contributed by atoms with van der Waals surface area (Å²) in [6.45, 7) is 2.97. The Morgan fingerprint density at radius 3 is 2.44 bits per heavy atom. The van der Waals surface area contributed by atoms with Crippen molar-refractivity contribution in [3.63, 3.8) is 0 Å². The number of aryl methyl sites for hydroxylation is 1. The molecule has 5 rings (SSSR count). The molecule has 7 heteroatoms. The molecule has 0 atom stereocenters. The number of ether oxygens (including phenoxy) is 2. The first-order valence-corrected chi connectivity index (χ1v) is 10.5. The maximum Gasteiger partial charge on any atom is 0.261 e. The largest absolute Gasteiger partial charge is 0.493 e. The molecule has 1 aliphatic heterocycles. The highest BCUT2D eigenvalue weighted by atomic mass is 16.5. The van der Waals surface area contributed by atoms with E-state index in [2.05, 4.69) is 23.6 Å². The van der Waals surface area contributed by atoms with Gasteiger partial charge in [0.25, 0.3) is 5.91 Å². The summed E-state index contributed by atoms with van der Waals surface area (Å²) in [6.07, 6.45) is 4.00. The number of carbonyl (C=O) groups excluding carboxylic acids is 1. The monoisotopic (exact) mass is 428 g/mol. The Labute approximate surface area is 186 Å². The molecular formula is C25H24N4O3. The minimum Gasteiger partial charge on any atom is -0.493 e. The third-order valence-electron chi connectivity index (χ3n) is 5.69. The van der Waals surface area contributed by atoms with Gasteiger partial charge >= 0.3 is 0 Å². The van der Waals surface area contributed by atoms with Gasteiger partial charge in [0.15, 0.2) is 18.1 Å². The Hall–Kier alpha value is -4.00. The summed E-state index contributed by atoms with van der Waals surface area (Å²) < 4.78 is 15.1. The van der Waals surface area contributed by atoms with E-state index in [1.165, 1.54) is 0 Å². The summed E-state index contributed by atoms with van der Waals surface area (Å²) in [6, 6.07) is 19.5. The first-order chi connectivity index (χ1) is 15.7. The normalized spacial score (nSPS) is 12.6. The van der Waals surface area contributed by atoms with Crippen molar-refractivity contribution < 1.29 is 14.3 Å². The van der Waals surface area contributed by atoms with Crippen LogP contribution < -0.4 is 9.47 Å². The molecule has 1 amide bonds. The van der Waals surface area contributed by atoms with Crippen molar-refractivity contribution in [1.29, 1.82) is 0 Å². The maximum atomic E-state index is 12.9. The molecule has 32 heavy (non-hydrogen) atoms. The predicted molar refractivity (Wildman–Crippen MR) is 120 cm³/mol. The first-order valence-electron chi connectivity index (χ1n) is 10.5. The van der Waals surface area contributed by atoms with Crippen molar-refractivity contribution in [3.05, 3.63) is 89.9 Å². The molecule has 1 aliphatic rings. The topological polar surface area (TPSA) is 61.5 Å². The zero-order chi connectivity index (χ0) is 22.1. The van der Waals surface area contributed by atoms with Crippen LogP contribution >= 0.6 is 0 Å². The van der Waals surface area contributed by atoms with E-state index < -0.39 is 0 Å². The van der Waals surface area contributed by atoms with Gasteiger partial charge in [-0.3, -0.25) is 4.79 Å². The number of aromatic nitrogens is 3. The number of para-hydroxylation sites is 3. The smallest absolute Gasteiger partial charge is 0.261 e. The van der Waals surface area contributed by atoms with Gasteiger partial charge in [0, 0.05) is 18.0 Å². The molecule has 0 bridgehead atoms. The van der Waals surface area contributed by atoms with Crippen LogP contribution in [0.1, 0.15) is 16.8 Å². The Morgan fingerprint density at radius 2 is 1.69 bits per heavy atom. The summed E-state index contributed by atoms with van der Waals surface area (Å²) in [7, 11) is 1.58. The number of hydrogen-bond acceptors (Lipinski definition) is 4. The Morgan fingerprint density at radius 1 is 0.969 bits per heavy atom.